The number of halogens is 1. The van der Waals surface area contributed by atoms with Crippen molar-refractivity contribution in [3.8, 4) is 11.5 Å². The summed E-state index contributed by atoms with van der Waals surface area (Å²) in [6, 6.07) is 13.1. The Balaban J connectivity index is 1.82. The predicted octanol–water partition coefficient (Wildman–Crippen LogP) is 3.94. The van der Waals surface area contributed by atoms with E-state index in [1.54, 1.807) is 30.3 Å². The van der Waals surface area contributed by atoms with Crippen LogP contribution >= 0.6 is 0 Å². The van der Waals surface area contributed by atoms with E-state index >= 15 is 0 Å². The largest absolute Gasteiger partial charge is 0.508 e. The van der Waals surface area contributed by atoms with E-state index in [0.29, 0.717) is 11.3 Å². The number of phenols is 2. The second-order valence-electron chi connectivity index (χ2n) is 5.87. The highest BCUT2D eigenvalue weighted by molar-refractivity contribution is 6.01. The zero-order valence-corrected chi connectivity index (χ0v) is 13.8. The molecule has 0 aliphatic heterocycles. The monoisotopic (exact) mass is 364 g/mol. The van der Waals surface area contributed by atoms with Gasteiger partial charge in [0, 0.05) is 17.7 Å². The van der Waals surface area contributed by atoms with Crippen LogP contribution in [0.2, 0.25) is 0 Å². The second-order valence-corrected chi connectivity index (χ2v) is 5.87. The van der Waals surface area contributed by atoms with Crippen LogP contribution < -0.4 is 10.9 Å². The molecule has 0 unspecified atom stereocenters. The first-order valence-electron chi connectivity index (χ1n) is 7.99. The molecular weight excluding hydrogens is 351 g/mol. The molecule has 0 bridgehead atoms. The minimum absolute atomic E-state index is 0.00715. The Labute approximate surface area is 151 Å². The zero-order valence-electron chi connectivity index (χ0n) is 13.8. The molecule has 3 N–H and O–H groups in total. The average Bonchev–Trinajstić information content (AvgIpc) is 2.62. The molecule has 0 fully saturated rings. The zero-order chi connectivity index (χ0) is 19.0. The molecule has 0 saturated heterocycles. The summed E-state index contributed by atoms with van der Waals surface area (Å²) in [5, 5.41) is 23.9. The van der Waals surface area contributed by atoms with Gasteiger partial charge in [0.15, 0.2) is 0 Å². The molecule has 27 heavy (non-hydrogen) atoms. The van der Waals surface area contributed by atoms with E-state index in [0.717, 1.165) is 6.07 Å². The van der Waals surface area contributed by atoms with Crippen LogP contribution in [0.15, 0.2) is 68.9 Å². The Morgan fingerprint density at radius 1 is 1.07 bits per heavy atom. The van der Waals surface area contributed by atoms with Gasteiger partial charge < -0.3 is 14.6 Å². The predicted molar refractivity (Wildman–Crippen MR) is 101 cm³/mol. The van der Waals surface area contributed by atoms with Gasteiger partial charge in [-0.3, -0.25) is 10.2 Å². The Morgan fingerprint density at radius 2 is 1.89 bits per heavy atom. The first-order chi connectivity index (χ1) is 13.0. The van der Waals surface area contributed by atoms with E-state index in [9.17, 15) is 19.4 Å². The summed E-state index contributed by atoms with van der Waals surface area (Å²) >= 11 is 0. The molecule has 0 aliphatic carbocycles. The van der Waals surface area contributed by atoms with Gasteiger partial charge in [0.1, 0.15) is 33.9 Å². The number of para-hydroxylation sites is 1. The molecule has 0 saturated carbocycles. The van der Waals surface area contributed by atoms with Crippen molar-refractivity contribution in [3.05, 3.63) is 76.2 Å². The third-order valence-electron chi connectivity index (χ3n) is 4.02. The molecular formula is C20H13FN2O4. The summed E-state index contributed by atoms with van der Waals surface area (Å²) < 4.78 is 18.9. The van der Waals surface area contributed by atoms with Crippen LogP contribution in [0, 0.1) is 5.82 Å². The van der Waals surface area contributed by atoms with Gasteiger partial charge in [-0.1, -0.05) is 12.1 Å². The number of nitrogens with zero attached hydrogens (tertiary/aromatic N) is 1. The number of hydrogen-bond donors (Lipinski definition) is 3. The van der Waals surface area contributed by atoms with Crippen LogP contribution in [0.4, 0.5) is 10.1 Å². The van der Waals surface area contributed by atoms with Crippen LogP contribution in [0.25, 0.3) is 21.9 Å². The van der Waals surface area contributed by atoms with Gasteiger partial charge in [-0.2, -0.15) is 5.10 Å². The summed E-state index contributed by atoms with van der Waals surface area (Å²) in [6.45, 7) is 0. The van der Waals surface area contributed by atoms with Crippen molar-refractivity contribution in [2.75, 3.05) is 5.43 Å². The van der Waals surface area contributed by atoms with Gasteiger partial charge in [-0.15, -0.1) is 0 Å². The maximum absolute atomic E-state index is 13.2. The minimum Gasteiger partial charge on any atom is -0.508 e. The van der Waals surface area contributed by atoms with Crippen molar-refractivity contribution in [3.63, 3.8) is 0 Å². The van der Waals surface area contributed by atoms with E-state index in [1.165, 1.54) is 24.4 Å². The van der Waals surface area contributed by atoms with Crippen molar-refractivity contribution in [1.82, 2.24) is 0 Å². The van der Waals surface area contributed by atoms with Gasteiger partial charge in [0.2, 0.25) is 5.43 Å². The first-order valence-corrected chi connectivity index (χ1v) is 7.99. The molecule has 0 spiro atoms. The van der Waals surface area contributed by atoms with Crippen molar-refractivity contribution < 1.29 is 19.0 Å². The third kappa shape index (κ3) is 3.06. The molecule has 134 valence electrons. The molecule has 0 amide bonds. The topological polar surface area (TPSA) is 95.1 Å². The molecule has 4 aromatic rings. The average molecular weight is 364 g/mol. The molecule has 0 radical (unpaired) electrons. The number of aromatic hydroxyl groups is 2. The van der Waals surface area contributed by atoms with Crippen molar-refractivity contribution in [1.29, 1.82) is 0 Å². The second kappa shape index (κ2) is 6.45. The third-order valence-corrected chi connectivity index (χ3v) is 4.02. The normalized spacial score (nSPS) is 11.4. The summed E-state index contributed by atoms with van der Waals surface area (Å²) in [7, 11) is 0. The smallest absolute Gasteiger partial charge is 0.204 e. The van der Waals surface area contributed by atoms with Crippen molar-refractivity contribution in [2.24, 2.45) is 5.10 Å². The molecule has 0 atom stereocenters. The lowest BCUT2D eigenvalue weighted by atomic mass is 10.1. The van der Waals surface area contributed by atoms with Crippen molar-refractivity contribution in [2.45, 2.75) is 0 Å². The van der Waals surface area contributed by atoms with Crippen LogP contribution in [-0.2, 0) is 0 Å². The van der Waals surface area contributed by atoms with Gasteiger partial charge in [-0.05, 0) is 30.3 Å². The summed E-state index contributed by atoms with van der Waals surface area (Å²) in [5.74, 6) is -0.966. The number of nitrogens with one attached hydrogen (secondary N) is 1. The lowest BCUT2D eigenvalue weighted by molar-refractivity contribution is 0.453. The number of hydrazone groups is 1. The maximum Gasteiger partial charge on any atom is 0.204 e. The van der Waals surface area contributed by atoms with Crippen LogP contribution in [-0.4, -0.2) is 16.4 Å². The number of hydrogen-bond acceptors (Lipinski definition) is 6. The fourth-order valence-electron chi connectivity index (χ4n) is 2.82. The first kappa shape index (κ1) is 16.6. The SMILES string of the molecule is O=c1c2cccc(/C=N\Nc3cccc(F)c3)c2oc2cc(O)cc(O)c12. The Morgan fingerprint density at radius 3 is 2.70 bits per heavy atom. The van der Waals surface area contributed by atoms with Crippen LogP contribution in [0.1, 0.15) is 5.56 Å². The standard InChI is InChI=1S/C20H13FN2O4/c21-12-4-2-5-13(7-12)23-22-10-11-3-1-6-15-19(26)18-16(25)8-14(24)9-17(18)27-20(11)15/h1-10,23-25H/b22-10-. The lowest BCUT2D eigenvalue weighted by Gasteiger charge is -2.06. The molecule has 6 nitrogen and oxygen atoms in total. The highest BCUT2D eigenvalue weighted by atomic mass is 19.1. The Bertz CT molecular complexity index is 1260. The highest BCUT2D eigenvalue weighted by Crippen LogP contribution is 2.30. The number of anilines is 1. The molecule has 7 heteroatoms. The summed E-state index contributed by atoms with van der Waals surface area (Å²) in [5.41, 5.74) is 3.56. The quantitative estimate of drug-likeness (QED) is 0.291. The Hall–Kier alpha value is -3.87. The number of rotatable bonds is 3. The molecule has 4 rings (SSSR count). The summed E-state index contributed by atoms with van der Waals surface area (Å²) in [6.07, 6.45) is 1.44. The fourth-order valence-corrected chi connectivity index (χ4v) is 2.82. The van der Waals surface area contributed by atoms with Gasteiger partial charge in [0.25, 0.3) is 0 Å². The Kier molecular flexibility index (Phi) is 3.97. The van der Waals surface area contributed by atoms with E-state index in [1.807, 2.05) is 0 Å². The summed E-state index contributed by atoms with van der Waals surface area (Å²) in [4.78, 5) is 12.7. The lowest BCUT2D eigenvalue weighted by Crippen LogP contribution is -2.04. The number of benzene rings is 3. The van der Waals surface area contributed by atoms with E-state index in [2.05, 4.69) is 10.5 Å². The van der Waals surface area contributed by atoms with E-state index in [-0.39, 0.29) is 33.4 Å². The van der Waals surface area contributed by atoms with Gasteiger partial charge in [0.05, 0.1) is 17.3 Å². The van der Waals surface area contributed by atoms with Crippen LogP contribution in [0.3, 0.4) is 0 Å². The highest BCUT2D eigenvalue weighted by Gasteiger charge is 2.14. The fraction of sp³-hybridized carbons (Fsp3) is 0. The number of phenolic OH excluding ortho intramolecular Hbond substituents is 2. The molecule has 0 aliphatic rings. The van der Waals surface area contributed by atoms with E-state index in [4.69, 9.17) is 4.42 Å². The van der Waals surface area contributed by atoms with Crippen molar-refractivity contribution >= 4 is 33.8 Å². The van der Waals surface area contributed by atoms with Gasteiger partial charge in [-0.25, -0.2) is 4.39 Å². The van der Waals surface area contributed by atoms with E-state index < -0.39 is 11.2 Å². The number of fused-ring (bicyclic) bond motifs is 2. The molecule has 3 aromatic carbocycles. The van der Waals surface area contributed by atoms with Gasteiger partial charge >= 0.3 is 0 Å². The maximum atomic E-state index is 13.2. The minimum atomic E-state index is -0.419. The molecule has 1 aromatic heterocycles. The molecule has 1 heterocycles. The van der Waals surface area contributed by atoms with Crippen LogP contribution in [0.5, 0.6) is 11.5 Å².